The predicted molar refractivity (Wildman–Crippen MR) is 109 cm³/mol. The van der Waals surface area contributed by atoms with Crippen molar-refractivity contribution in [1.29, 1.82) is 0 Å². The van der Waals surface area contributed by atoms with Gasteiger partial charge in [-0.25, -0.2) is 4.98 Å². The molecule has 2 aromatic heterocycles. The number of thioether (sulfide) groups is 1. The van der Waals surface area contributed by atoms with E-state index < -0.39 is 0 Å². The van der Waals surface area contributed by atoms with Crippen LogP contribution in [0.4, 0.5) is 0 Å². The Morgan fingerprint density at radius 3 is 2.81 bits per heavy atom. The fraction of sp³-hybridized carbons (Fsp3) is 0.381. The summed E-state index contributed by atoms with van der Waals surface area (Å²) in [5.74, 6) is 1.41. The Bertz CT molecular complexity index is 888. The van der Waals surface area contributed by atoms with Crippen LogP contribution in [-0.2, 0) is 5.75 Å². The van der Waals surface area contributed by atoms with E-state index in [9.17, 15) is 4.79 Å². The highest BCUT2D eigenvalue weighted by Gasteiger charge is 2.23. The van der Waals surface area contributed by atoms with E-state index in [1.165, 1.54) is 24.8 Å². The molecule has 0 aliphatic heterocycles. The highest BCUT2D eigenvalue weighted by Crippen LogP contribution is 2.25. The van der Waals surface area contributed by atoms with Crippen molar-refractivity contribution in [2.45, 2.75) is 49.6 Å². The third kappa shape index (κ3) is 4.33. The lowest BCUT2D eigenvalue weighted by Gasteiger charge is -2.29. The van der Waals surface area contributed by atoms with Gasteiger partial charge in [0.05, 0.1) is 17.2 Å². The Hall–Kier alpha value is -2.34. The lowest BCUT2D eigenvalue weighted by atomic mass is 9.86. The number of benzene rings is 1. The Morgan fingerprint density at radius 2 is 2.04 bits per heavy atom. The molecular formula is C21H24N4OS. The van der Waals surface area contributed by atoms with Gasteiger partial charge in [0, 0.05) is 23.6 Å². The molecule has 4 rings (SSSR count). The molecule has 1 amide bonds. The van der Waals surface area contributed by atoms with Crippen molar-refractivity contribution in [3.63, 3.8) is 0 Å². The average molecular weight is 381 g/mol. The van der Waals surface area contributed by atoms with Crippen LogP contribution in [0.1, 0.15) is 48.5 Å². The van der Waals surface area contributed by atoms with Gasteiger partial charge in [-0.2, -0.15) is 0 Å². The number of nitrogens with zero attached hydrogens (tertiary/aromatic N) is 2. The van der Waals surface area contributed by atoms with Gasteiger partial charge in [-0.15, -0.1) is 0 Å². The van der Waals surface area contributed by atoms with Gasteiger partial charge in [-0.05, 0) is 42.5 Å². The summed E-state index contributed by atoms with van der Waals surface area (Å²) in [5.41, 5.74) is 3.78. The van der Waals surface area contributed by atoms with E-state index in [0.717, 1.165) is 33.9 Å². The van der Waals surface area contributed by atoms with Crippen molar-refractivity contribution >= 4 is 28.7 Å². The zero-order valence-corrected chi connectivity index (χ0v) is 16.3. The molecule has 6 heteroatoms. The van der Waals surface area contributed by atoms with Gasteiger partial charge in [0.2, 0.25) is 0 Å². The summed E-state index contributed by atoms with van der Waals surface area (Å²) in [6.07, 6.45) is 8.32. The molecule has 3 aromatic rings. The summed E-state index contributed by atoms with van der Waals surface area (Å²) < 4.78 is 0. The molecule has 2 N–H and O–H groups in total. The standard InChI is InChI=1S/C21H24N4OS/c1-14-4-2-3-5-17(14)23-20(26)16-8-6-15(7-9-16)13-27-21-24-18-10-11-22-12-19(18)25-21/h6-12,14,17H,2-5,13H2,1H3,(H,23,26)(H,24,25)/t14-,17+/m1/s1. The number of amides is 1. The lowest BCUT2D eigenvalue weighted by Crippen LogP contribution is -2.41. The van der Waals surface area contributed by atoms with Crippen molar-refractivity contribution in [3.8, 4) is 0 Å². The summed E-state index contributed by atoms with van der Waals surface area (Å²) in [5, 5.41) is 4.09. The highest BCUT2D eigenvalue weighted by atomic mass is 32.2. The summed E-state index contributed by atoms with van der Waals surface area (Å²) in [4.78, 5) is 24.4. The Morgan fingerprint density at radius 1 is 1.22 bits per heavy atom. The monoisotopic (exact) mass is 380 g/mol. The molecule has 0 radical (unpaired) electrons. The molecule has 140 valence electrons. The van der Waals surface area contributed by atoms with Crippen LogP contribution in [0.3, 0.4) is 0 Å². The van der Waals surface area contributed by atoms with Crippen LogP contribution in [0.15, 0.2) is 47.9 Å². The van der Waals surface area contributed by atoms with Crippen molar-refractivity contribution in [2.24, 2.45) is 5.92 Å². The minimum Gasteiger partial charge on any atom is -0.349 e. The van der Waals surface area contributed by atoms with Crippen molar-refractivity contribution in [1.82, 2.24) is 20.3 Å². The van der Waals surface area contributed by atoms with E-state index in [4.69, 9.17) is 0 Å². The largest absolute Gasteiger partial charge is 0.349 e. The molecule has 0 bridgehead atoms. The Labute approximate surface area is 163 Å². The Balaban J connectivity index is 1.34. The van der Waals surface area contributed by atoms with Gasteiger partial charge in [0.25, 0.3) is 5.91 Å². The number of hydrogen-bond acceptors (Lipinski definition) is 4. The number of hydrogen-bond donors (Lipinski definition) is 2. The first-order valence-corrected chi connectivity index (χ1v) is 10.5. The molecule has 2 heterocycles. The van der Waals surface area contributed by atoms with E-state index >= 15 is 0 Å². The fourth-order valence-electron chi connectivity index (χ4n) is 3.59. The number of nitrogens with one attached hydrogen (secondary N) is 2. The molecule has 5 nitrogen and oxygen atoms in total. The second-order valence-corrected chi connectivity index (χ2v) is 8.23. The van der Waals surface area contributed by atoms with Gasteiger partial charge >= 0.3 is 0 Å². The number of aromatic amines is 1. The molecule has 1 saturated carbocycles. The number of imidazole rings is 1. The molecule has 1 aliphatic carbocycles. The van der Waals surface area contributed by atoms with Gasteiger partial charge in [0.1, 0.15) is 0 Å². The molecule has 1 aliphatic rings. The summed E-state index contributed by atoms with van der Waals surface area (Å²) in [6.45, 7) is 2.23. The minimum absolute atomic E-state index is 0.0396. The second kappa shape index (κ2) is 8.13. The number of H-pyrrole nitrogens is 1. The first kappa shape index (κ1) is 18.0. The number of carbonyl (C=O) groups is 1. The second-order valence-electron chi connectivity index (χ2n) is 7.26. The van der Waals surface area contributed by atoms with Crippen LogP contribution in [0.5, 0.6) is 0 Å². The highest BCUT2D eigenvalue weighted by molar-refractivity contribution is 7.98. The molecular weight excluding hydrogens is 356 g/mol. The predicted octanol–water partition coefficient (Wildman–Crippen LogP) is 4.56. The van der Waals surface area contributed by atoms with Crippen LogP contribution in [-0.4, -0.2) is 26.9 Å². The Kier molecular flexibility index (Phi) is 5.43. The van der Waals surface area contributed by atoms with Crippen molar-refractivity contribution in [3.05, 3.63) is 53.9 Å². The molecule has 27 heavy (non-hydrogen) atoms. The quantitative estimate of drug-likeness (QED) is 0.637. The number of fused-ring (bicyclic) bond motifs is 1. The molecule has 1 fully saturated rings. The summed E-state index contributed by atoms with van der Waals surface area (Å²) >= 11 is 1.65. The average Bonchev–Trinajstić information content (AvgIpc) is 3.11. The molecule has 0 spiro atoms. The third-order valence-corrected chi connectivity index (χ3v) is 6.23. The SMILES string of the molecule is C[C@@H]1CCCC[C@@H]1NC(=O)c1ccc(CSc2nc3ccncc3[nH]2)cc1. The molecule has 1 aromatic carbocycles. The smallest absolute Gasteiger partial charge is 0.251 e. The van der Waals surface area contributed by atoms with Gasteiger partial charge in [-0.3, -0.25) is 9.78 Å². The van der Waals surface area contributed by atoms with Crippen LogP contribution in [0.25, 0.3) is 11.0 Å². The lowest BCUT2D eigenvalue weighted by molar-refractivity contribution is 0.0910. The minimum atomic E-state index is 0.0396. The van der Waals surface area contributed by atoms with Crippen molar-refractivity contribution in [2.75, 3.05) is 0 Å². The van der Waals surface area contributed by atoms with Crippen LogP contribution >= 0.6 is 11.8 Å². The van der Waals surface area contributed by atoms with Crippen LogP contribution in [0, 0.1) is 5.92 Å². The van der Waals surface area contributed by atoms with Gasteiger partial charge < -0.3 is 10.3 Å². The third-order valence-electron chi connectivity index (χ3n) is 5.28. The van der Waals surface area contributed by atoms with E-state index in [1.807, 2.05) is 30.3 Å². The van der Waals surface area contributed by atoms with E-state index in [-0.39, 0.29) is 5.91 Å². The van der Waals surface area contributed by atoms with Crippen LogP contribution < -0.4 is 5.32 Å². The fourth-order valence-corrected chi connectivity index (χ4v) is 4.43. The maximum Gasteiger partial charge on any atom is 0.251 e. The normalized spacial score (nSPS) is 19.9. The van der Waals surface area contributed by atoms with Gasteiger partial charge in [-0.1, -0.05) is 43.7 Å². The van der Waals surface area contributed by atoms with E-state index in [1.54, 1.807) is 24.2 Å². The molecule has 2 atom stereocenters. The first-order valence-electron chi connectivity index (χ1n) is 9.51. The zero-order chi connectivity index (χ0) is 18.6. The number of rotatable bonds is 5. The zero-order valence-electron chi connectivity index (χ0n) is 15.4. The van der Waals surface area contributed by atoms with Crippen molar-refractivity contribution < 1.29 is 4.79 Å². The van der Waals surface area contributed by atoms with Gasteiger partial charge in [0.15, 0.2) is 5.16 Å². The number of aromatic nitrogens is 3. The maximum atomic E-state index is 12.5. The number of carbonyl (C=O) groups excluding carboxylic acids is 1. The van der Waals surface area contributed by atoms with Crippen LogP contribution in [0.2, 0.25) is 0 Å². The summed E-state index contributed by atoms with van der Waals surface area (Å²) in [7, 11) is 0. The molecule has 0 saturated heterocycles. The van der Waals surface area contributed by atoms with E-state index in [2.05, 4.69) is 27.2 Å². The topological polar surface area (TPSA) is 70.7 Å². The molecule has 0 unspecified atom stereocenters. The van der Waals surface area contributed by atoms with E-state index in [0.29, 0.717) is 12.0 Å². The number of pyridine rings is 1. The summed E-state index contributed by atoms with van der Waals surface area (Å²) in [6, 6.07) is 10.1. The maximum absolute atomic E-state index is 12.5. The first-order chi connectivity index (χ1) is 13.2.